The number of benzene rings is 1. The van der Waals surface area contributed by atoms with Crippen LogP contribution in [-0.4, -0.2) is 17.1 Å². The molecule has 1 aromatic heterocycles. The van der Waals surface area contributed by atoms with Crippen LogP contribution in [0.1, 0.15) is 22.2 Å². The zero-order valence-electron chi connectivity index (χ0n) is 11.4. The van der Waals surface area contributed by atoms with E-state index in [2.05, 4.69) is 5.32 Å². The molecule has 1 N–H and O–H groups in total. The van der Waals surface area contributed by atoms with Gasteiger partial charge in [-0.3, -0.25) is 9.59 Å². The van der Waals surface area contributed by atoms with Crippen molar-refractivity contribution in [3.8, 4) is 0 Å². The summed E-state index contributed by atoms with van der Waals surface area (Å²) in [5.41, 5.74) is 1.19. The lowest BCUT2D eigenvalue weighted by Crippen LogP contribution is -2.20. The van der Waals surface area contributed by atoms with E-state index < -0.39 is 5.38 Å². The first-order chi connectivity index (χ1) is 10.1. The first-order valence-electron chi connectivity index (χ1n) is 6.37. The third-order valence-corrected chi connectivity index (χ3v) is 3.78. The fourth-order valence-corrected chi connectivity index (χ4v) is 2.27. The minimum Gasteiger partial charge on any atom is -0.325 e. The van der Waals surface area contributed by atoms with E-state index in [0.717, 1.165) is 4.88 Å². The summed E-state index contributed by atoms with van der Waals surface area (Å²) < 4.78 is 0. The van der Waals surface area contributed by atoms with Gasteiger partial charge in [0, 0.05) is 16.1 Å². The highest BCUT2D eigenvalue weighted by Gasteiger charge is 2.09. The summed E-state index contributed by atoms with van der Waals surface area (Å²) in [5, 5.41) is 4.02. The van der Waals surface area contributed by atoms with E-state index in [1.54, 1.807) is 54.7 Å². The predicted octanol–water partition coefficient (Wildman–Crippen LogP) is 4.21. The van der Waals surface area contributed by atoms with Crippen molar-refractivity contribution in [1.82, 2.24) is 0 Å². The second-order valence-corrected chi connectivity index (χ2v) is 6.03. The van der Waals surface area contributed by atoms with E-state index in [-0.39, 0.29) is 11.7 Å². The van der Waals surface area contributed by atoms with Crippen LogP contribution >= 0.6 is 22.9 Å². The summed E-state index contributed by atoms with van der Waals surface area (Å²) in [4.78, 5) is 24.5. The summed E-state index contributed by atoms with van der Waals surface area (Å²) >= 11 is 7.25. The molecule has 21 heavy (non-hydrogen) atoms. The van der Waals surface area contributed by atoms with E-state index in [0.29, 0.717) is 11.3 Å². The molecule has 2 rings (SSSR count). The molecular formula is C16H14ClNO2S. The molecule has 2 aromatic rings. The molecule has 0 fully saturated rings. The molecule has 0 radical (unpaired) electrons. The monoisotopic (exact) mass is 319 g/mol. The first kappa shape index (κ1) is 15.5. The SMILES string of the molecule is CC(Cl)C(=O)Nc1ccc(C(=O)/C=C/c2cccs2)cc1. The Bertz CT molecular complexity index is 645. The number of carbonyl (C=O) groups excluding carboxylic acids is 2. The third kappa shape index (κ3) is 4.55. The van der Waals surface area contributed by atoms with Crippen LogP contribution in [-0.2, 0) is 4.79 Å². The van der Waals surface area contributed by atoms with Crippen molar-refractivity contribution in [2.24, 2.45) is 0 Å². The number of allylic oxidation sites excluding steroid dienone is 1. The highest BCUT2D eigenvalue weighted by molar-refractivity contribution is 7.10. The van der Waals surface area contributed by atoms with Gasteiger partial charge in [-0.15, -0.1) is 22.9 Å². The number of nitrogens with one attached hydrogen (secondary N) is 1. The molecule has 5 heteroatoms. The lowest BCUT2D eigenvalue weighted by molar-refractivity contribution is -0.115. The maximum Gasteiger partial charge on any atom is 0.242 e. The van der Waals surface area contributed by atoms with Gasteiger partial charge in [-0.2, -0.15) is 0 Å². The Kier molecular flexibility index (Phi) is 5.31. The second-order valence-electron chi connectivity index (χ2n) is 4.40. The van der Waals surface area contributed by atoms with Crippen LogP contribution in [0.4, 0.5) is 5.69 Å². The number of carbonyl (C=O) groups is 2. The molecule has 0 saturated heterocycles. The van der Waals surface area contributed by atoms with E-state index in [1.807, 2.05) is 17.5 Å². The van der Waals surface area contributed by atoms with Gasteiger partial charge in [-0.1, -0.05) is 6.07 Å². The summed E-state index contributed by atoms with van der Waals surface area (Å²) in [7, 11) is 0. The van der Waals surface area contributed by atoms with Gasteiger partial charge in [-0.05, 0) is 54.8 Å². The fourth-order valence-electron chi connectivity index (χ4n) is 1.60. The zero-order valence-corrected chi connectivity index (χ0v) is 12.9. The fraction of sp³-hybridized carbons (Fsp3) is 0.125. The standard InChI is InChI=1S/C16H14ClNO2S/c1-11(17)16(20)18-13-6-4-12(5-7-13)15(19)9-8-14-3-2-10-21-14/h2-11H,1H3,(H,18,20)/b9-8+. The van der Waals surface area contributed by atoms with Gasteiger partial charge in [0.15, 0.2) is 5.78 Å². The number of amides is 1. The number of thiophene rings is 1. The van der Waals surface area contributed by atoms with Crippen molar-refractivity contribution in [3.63, 3.8) is 0 Å². The maximum absolute atomic E-state index is 12.0. The average molecular weight is 320 g/mol. The molecule has 0 aliphatic carbocycles. The number of rotatable bonds is 5. The molecule has 108 valence electrons. The van der Waals surface area contributed by atoms with Gasteiger partial charge >= 0.3 is 0 Å². The molecule has 0 aliphatic heterocycles. The molecule has 0 aliphatic rings. The number of alkyl halides is 1. The lowest BCUT2D eigenvalue weighted by atomic mass is 10.1. The Morgan fingerprint density at radius 1 is 1.24 bits per heavy atom. The van der Waals surface area contributed by atoms with Gasteiger partial charge < -0.3 is 5.32 Å². The largest absolute Gasteiger partial charge is 0.325 e. The number of hydrogen-bond acceptors (Lipinski definition) is 3. The Morgan fingerprint density at radius 3 is 2.52 bits per heavy atom. The third-order valence-electron chi connectivity index (χ3n) is 2.74. The van der Waals surface area contributed by atoms with Crippen molar-refractivity contribution in [2.45, 2.75) is 12.3 Å². The minimum atomic E-state index is -0.597. The highest BCUT2D eigenvalue weighted by Crippen LogP contribution is 2.14. The van der Waals surface area contributed by atoms with Crippen LogP contribution in [0.5, 0.6) is 0 Å². The van der Waals surface area contributed by atoms with Crippen molar-refractivity contribution in [1.29, 1.82) is 0 Å². The van der Waals surface area contributed by atoms with Gasteiger partial charge in [-0.25, -0.2) is 0 Å². The van der Waals surface area contributed by atoms with E-state index >= 15 is 0 Å². The summed E-state index contributed by atoms with van der Waals surface area (Å²) in [6.07, 6.45) is 3.33. The zero-order chi connectivity index (χ0) is 15.2. The van der Waals surface area contributed by atoms with Crippen LogP contribution < -0.4 is 5.32 Å². The molecule has 1 aromatic carbocycles. The van der Waals surface area contributed by atoms with Crippen LogP contribution in [0, 0.1) is 0 Å². The van der Waals surface area contributed by atoms with E-state index in [4.69, 9.17) is 11.6 Å². The van der Waals surface area contributed by atoms with Crippen molar-refractivity contribution < 1.29 is 9.59 Å². The van der Waals surface area contributed by atoms with Gasteiger partial charge in [0.25, 0.3) is 0 Å². The molecule has 1 unspecified atom stereocenters. The van der Waals surface area contributed by atoms with Crippen LogP contribution in [0.25, 0.3) is 6.08 Å². The lowest BCUT2D eigenvalue weighted by Gasteiger charge is -2.06. The molecule has 3 nitrogen and oxygen atoms in total. The molecule has 1 amide bonds. The Balaban J connectivity index is 2.01. The smallest absolute Gasteiger partial charge is 0.242 e. The summed E-state index contributed by atoms with van der Waals surface area (Å²) in [5.74, 6) is -0.347. The number of anilines is 1. The van der Waals surface area contributed by atoms with Crippen molar-refractivity contribution in [2.75, 3.05) is 5.32 Å². The Hall–Kier alpha value is -1.91. The van der Waals surface area contributed by atoms with Gasteiger partial charge in [0.2, 0.25) is 5.91 Å². The Labute approximate surface area is 132 Å². The van der Waals surface area contributed by atoms with Gasteiger partial charge in [0.05, 0.1) is 0 Å². The van der Waals surface area contributed by atoms with E-state index in [1.165, 1.54) is 0 Å². The predicted molar refractivity (Wildman–Crippen MR) is 88.1 cm³/mol. The topological polar surface area (TPSA) is 46.2 Å². The molecule has 1 heterocycles. The highest BCUT2D eigenvalue weighted by atomic mass is 35.5. The molecule has 1 atom stereocenters. The molecule has 0 spiro atoms. The molecule has 0 bridgehead atoms. The minimum absolute atomic E-state index is 0.0769. The molecule has 0 saturated carbocycles. The maximum atomic E-state index is 12.0. The van der Waals surface area contributed by atoms with Crippen LogP contribution in [0.2, 0.25) is 0 Å². The Morgan fingerprint density at radius 2 is 1.95 bits per heavy atom. The van der Waals surface area contributed by atoms with E-state index in [9.17, 15) is 9.59 Å². The normalized spacial score (nSPS) is 12.3. The molecular weight excluding hydrogens is 306 g/mol. The van der Waals surface area contributed by atoms with Crippen molar-refractivity contribution in [3.05, 3.63) is 58.3 Å². The van der Waals surface area contributed by atoms with Crippen LogP contribution in [0.15, 0.2) is 47.9 Å². The van der Waals surface area contributed by atoms with Gasteiger partial charge in [0.1, 0.15) is 5.38 Å². The van der Waals surface area contributed by atoms with Crippen molar-refractivity contribution >= 4 is 46.4 Å². The number of hydrogen-bond donors (Lipinski definition) is 1. The summed E-state index contributed by atoms with van der Waals surface area (Å²) in [6, 6.07) is 10.6. The first-order valence-corrected chi connectivity index (χ1v) is 7.69. The van der Waals surface area contributed by atoms with Crippen LogP contribution in [0.3, 0.4) is 0 Å². The second kappa shape index (κ2) is 7.20. The average Bonchev–Trinajstić information content (AvgIpc) is 2.98. The number of ketones is 1. The summed E-state index contributed by atoms with van der Waals surface area (Å²) in [6.45, 7) is 1.60. The quantitative estimate of drug-likeness (QED) is 0.510. The number of halogens is 1.